The molecule has 6 atom stereocenters. The molecule has 0 aromatic rings. The summed E-state index contributed by atoms with van der Waals surface area (Å²) in [5.41, 5.74) is 1.44. The van der Waals surface area contributed by atoms with Crippen LogP contribution in [0.5, 0.6) is 0 Å². The lowest BCUT2D eigenvalue weighted by Crippen LogP contribution is -2.39. The van der Waals surface area contributed by atoms with E-state index in [0.717, 1.165) is 68.9 Å². The third kappa shape index (κ3) is 10.2. The second-order valence-electron chi connectivity index (χ2n) is 13.9. The van der Waals surface area contributed by atoms with Gasteiger partial charge in [-0.05, 0) is 114 Å². The van der Waals surface area contributed by atoms with Gasteiger partial charge in [-0.2, -0.15) is 0 Å². The van der Waals surface area contributed by atoms with Gasteiger partial charge < -0.3 is 25.5 Å². The van der Waals surface area contributed by atoms with Crippen molar-refractivity contribution in [1.82, 2.24) is 0 Å². The molecule has 0 aromatic heterocycles. The van der Waals surface area contributed by atoms with Crippen LogP contribution in [-0.2, 0) is 0 Å². The van der Waals surface area contributed by atoms with Gasteiger partial charge in [0.2, 0.25) is 0 Å². The van der Waals surface area contributed by atoms with E-state index < -0.39 is 29.5 Å². The summed E-state index contributed by atoms with van der Waals surface area (Å²) in [5, 5.41) is 51.6. The molecule has 2 rings (SSSR count). The van der Waals surface area contributed by atoms with E-state index >= 15 is 0 Å². The van der Waals surface area contributed by atoms with Crippen LogP contribution in [-0.4, -0.2) is 55.0 Å². The molecular weight excluding hydrogens is 476 g/mol. The highest BCUT2D eigenvalue weighted by Crippen LogP contribution is 2.51. The SMILES string of the molecule is C=C1/C(=C\C=C2/CCC[C@](C)(C(CCC)[C@@H](CCCC(C)(C)O)CCC(O)C(C)(C)O)C2)C[C@@H](O)C[C@@H]1O. The zero-order valence-electron chi connectivity index (χ0n) is 25.2. The number of aliphatic hydroxyl groups is 5. The average Bonchev–Trinajstić information content (AvgIpc) is 2.79. The second kappa shape index (κ2) is 14.1. The van der Waals surface area contributed by atoms with E-state index in [1.54, 1.807) is 13.8 Å². The Labute approximate surface area is 232 Å². The Bertz CT molecular complexity index is 814. The zero-order chi connectivity index (χ0) is 28.7. The van der Waals surface area contributed by atoms with Crippen molar-refractivity contribution in [3.63, 3.8) is 0 Å². The maximum absolute atomic E-state index is 10.6. The number of allylic oxidation sites excluding steroid dienone is 3. The van der Waals surface area contributed by atoms with Crippen molar-refractivity contribution in [3.8, 4) is 0 Å². The Morgan fingerprint density at radius 2 is 1.74 bits per heavy atom. The van der Waals surface area contributed by atoms with E-state index in [2.05, 4.69) is 32.6 Å². The van der Waals surface area contributed by atoms with E-state index in [4.69, 9.17) is 0 Å². The van der Waals surface area contributed by atoms with Crippen LogP contribution in [0, 0.1) is 17.3 Å². The molecule has 2 aliphatic carbocycles. The largest absolute Gasteiger partial charge is 0.393 e. The summed E-state index contributed by atoms with van der Waals surface area (Å²) < 4.78 is 0. The van der Waals surface area contributed by atoms with Crippen LogP contribution in [0.1, 0.15) is 125 Å². The molecular formula is C33H58O5. The molecule has 0 aliphatic heterocycles. The average molecular weight is 535 g/mol. The molecule has 2 unspecified atom stereocenters. The molecule has 38 heavy (non-hydrogen) atoms. The van der Waals surface area contributed by atoms with Crippen molar-refractivity contribution in [2.45, 2.75) is 155 Å². The standard InChI is InChI=1S/C33H58O5/c1-8-11-28(25(13-10-18-31(3,4)37)16-17-30(36)32(5,6)38)33(7)19-9-12-24(22-33)14-15-26-20-27(34)21-29(35)23(26)2/h14-15,25,27-30,34-38H,2,8-13,16-22H2,1,3-7H3/b24-14+,26-15-/t25-,27+,28?,29-,30?,33-/m0/s1. The van der Waals surface area contributed by atoms with Crippen molar-refractivity contribution in [3.05, 3.63) is 35.5 Å². The molecule has 0 saturated heterocycles. The van der Waals surface area contributed by atoms with E-state index in [1.807, 2.05) is 13.8 Å². The lowest BCUT2D eigenvalue weighted by atomic mass is 9.59. The minimum absolute atomic E-state index is 0.139. The molecule has 0 spiro atoms. The topological polar surface area (TPSA) is 101 Å². The first-order valence-corrected chi connectivity index (χ1v) is 15.1. The predicted molar refractivity (Wildman–Crippen MR) is 157 cm³/mol. The highest BCUT2D eigenvalue weighted by molar-refractivity contribution is 5.38. The maximum Gasteiger partial charge on any atom is 0.0849 e. The Hall–Kier alpha value is -0.980. The van der Waals surface area contributed by atoms with Gasteiger partial charge in [0.15, 0.2) is 0 Å². The van der Waals surface area contributed by atoms with Gasteiger partial charge in [0, 0.05) is 6.42 Å². The quantitative estimate of drug-likeness (QED) is 0.189. The van der Waals surface area contributed by atoms with Crippen LogP contribution in [0.4, 0.5) is 0 Å². The second-order valence-corrected chi connectivity index (χ2v) is 13.9. The molecule has 0 heterocycles. The number of rotatable bonds is 13. The predicted octanol–water partition coefficient (Wildman–Crippen LogP) is 6.38. The molecule has 0 amide bonds. The molecule has 5 nitrogen and oxygen atoms in total. The van der Waals surface area contributed by atoms with Gasteiger partial charge in [-0.15, -0.1) is 0 Å². The fourth-order valence-electron chi connectivity index (χ4n) is 6.88. The maximum atomic E-state index is 10.6. The van der Waals surface area contributed by atoms with Crippen molar-refractivity contribution in [2.24, 2.45) is 17.3 Å². The van der Waals surface area contributed by atoms with Gasteiger partial charge >= 0.3 is 0 Å². The first-order valence-electron chi connectivity index (χ1n) is 15.1. The summed E-state index contributed by atoms with van der Waals surface area (Å²) in [4.78, 5) is 0. The fraction of sp³-hybridized carbons (Fsp3) is 0.818. The van der Waals surface area contributed by atoms with Crippen LogP contribution < -0.4 is 0 Å². The van der Waals surface area contributed by atoms with Gasteiger partial charge in [0.25, 0.3) is 0 Å². The van der Waals surface area contributed by atoms with E-state index in [1.165, 1.54) is 12.0 Å². The van der Waals surface area contributed by atoms with E-state index in [0.29, 0.717) is 31.1 Å². The van der Waals surface area contributed by atoms with Crippen LogP contribution in [0.25, 0.3) is 0 Å². The van der Waals surface area contributed by atoms with Crippen LogP contribution in [0.15, 0.2) is 35.5 Å². The molecule has 0 bridgehead atoms. The summed E-state index contributed by atoms with van der Waals surface area (Å²) in [7, 11) is 0. The minimum Gasteiger partial charge on any atom is -0.393 e. The number of hydrogen-bond donors (Lipinski definition) is 5. The van der Waals surface area contributed by atoms with Crippen molar-refractivity contribution < 1.29 is 25.5 Å². The smallest absolute Gasteiger partial charge is 0.0849 e. The van der Waals surface area contributed by atoms with E-state index in [9.17, 15) is 25.5 Å². The van der Waals surface area contributed by atoms with Crippen molar-refractivity contribution in [1.29, 1.82) is 0 Å². The molecule has 0 aromatic carbocycles. The van der Waals surface area contributed by atoms with Crippen molar-refractivity contribution in [2.75, 3.05) is 0 Å². The molecule has 5 heteroatoms. The summed E-state index contributed by atoms with van der Waals surface area (Å²) >= 11 is 0. The lowest BCUT2D eigenvalue weighted by Gasteiger charge is -2.46. The normalized spacial score (nSPS) is 30.0. The zero-order valence-corrected chi connectivity index (χ0v) is 25.2. The summed E-state index contributed by atoms with van der Waals surface area (Å²) in [6.45, 7) is 15.9. The van der Waals surface area contributed by atoms with Crippen LogP contribution >= 0.6 is 0 Å². The first-order chi connectivity index (χ1) is 17.6. The van der Waals surface area contributed by atoms with E-state index in [-0.39, 0.29) is 5.41 Å². The van der Waals surface area contributed by atoms with Crippen LogP contribution in [0.3, 0.4) is 0 Å². The third-order valence-corrected chi connectivity index (χ3v) is 9.22. The first kappa shape index (κ1) is 33.2. The minimum atomic E-state index is -1.11. The van der Waals surface area contributed by atoms with Gasteiger partial charge in [0.05, 0.1) is 29.5 Å². The van der Waals surface area contributed by atoms with Crippen molar-refractivity contribution >= 4 is 0 Å². The Morgan fingerprint density at radius 1 is 1.05 bits per heavy atom. The highest BCUT2D eigenvalue weighted by atomic mass is 16.3. The third-order valence-electron chi connectivity index (χ3n) is 9.22. The molecule has 5 N–H and O–H groups in total. The fourth-order valence-corrected chi connectivity index (χ4v) is 6.88. The molecule has 2 fully saturated rings. The lowest BCUT2D eigenvalue weighted by molar-refractivity contribution is -0.0569. The molecule has 0 radical (unpaired) electrons. The number of aliphatic hydroxyl groups excluding tert-OH is 3. The Kier molecular flexibility index (Phi) is 12.3. The molecule has 2 saturated carbocycles. The number of hydrogen-bond acceptors (Lipinski definition) is 5. The van der Waals surface area contributed by atoms with Gasteiger partial charge in [0.1, 0.15) is 0 Å². The van der Waals surface area contributed by atoms with Gasteiger partial charge in [-0.25, -0.2) is 0 Å². The van der Waals surface area contributed by atoms with Gasteiger partial charge in [-0.3, -0.25) is 0 Å². The Morgan fingerprint density at radius 3 is 2.34 bits per heavy atom. The summed E-state index contributed by atoms with van der Waals surface area (Å²) in [6.07, 6.45) is 14.1. The summed E-state index contributed by atoms with van der Waals surface area (Å²) in [6, 6.07) is 0. The monoisotopic (exact) mass is 534 g/mol. The molecule has 2 aliphatic rings. The highest BCUT2D eigenvalue weighted by Gasteiger charge is 2.41. The summed E-state index contributed by atoms with van der Waals surface area (Å²) in [5.74, 6) is 0.911. The van der Waals surface area contributed by atoms with Crippen LogP contribution in [0.2, 0.25) is 0 Å². The Balaban J connectivity index is 2.27. The van der Waals surface area contributed by atoms with Gasteiger partial charge in [-0.1, -0.05) is 57.4 Å². The molecule has 220 valence electrons.